The highest BCUT2D eigenvalue weighted by Crippen LogP contribution is 2.36. The summed E-state index contributed by atoms with van der Waals surface area (Å²) >= 11 is 1.24. The number of hydrogen-bond donors (Lipinski definition) is 3. The fourth-order valence-electron chi connectivity index (χ4n) is 2.16. The number of anilines is 1. The highest BCUT2D eigenvalue weighted by molar-refractivity contribution is 7.99. The second-order valence-electron chi connectivity index (χ2n) is 4.82. The van der Waals surface area contributed by atoms with Gasteiger partial charge in [-0.05, 0) is 36.0 Å². The number of H-pyrrole nitrogens is 1. The van der Waals surface area contributed by atoms with Crippen LogP contribution < -0.4 is 11.1 Å². The van der Waals surface area contributed by atoms with E-state index in [-0.39, 0.29) is 18.1 Å². The molecule has 0 aliphatic heterocycles. The summed E-state index contributed by atoms with van der Waals surface area (Å²) in [6.07, 6.45) is 0. The maximum absolute atomic E-state index is 11.2. The van der Waals surface area contributed by atoms with Crippen molar-refractivity contribution in [3.8, 4) is 0 Å². The number of nitrogens with two attached hydrogens (primary N) is 1. The number of nitrogens with zero attached hydrogens (tertiary/aromatic N) is 2. The second kappa shape index (κ2) is 8.00. The smallest absolute Gasteiger partial charge is 0.283 e. The number of imidazole rings is 1. The number of fused-ring (bicyclic) bond motifs is 1. The standard InChI is InChI=1S/C15H15N5O2S.ClH/c16-7-8-17-10-5-6-13(20(21)22)14(9-10)23-15-18-11-3-1-2-4-12(11)19-15;/h1-6,9,17H,7-8,16H2,(H,18,19);1H. The molecule has 0 spiro atoms. The van der Waals surface area contributed by atoms with Crippen LogP contribution in [0.4, 0.5) is 11.4 Å². The molecular formula is C15H16ClN5O2S. The van der Waals surface area contributed by atoms with Gasteiger partial charge < -0.3 is 16.0 Å². The molecule has 3 aromatic rings. The molecule has 0 bridgehead atoms. The van der Waals surface area contributed by atoms with Gasteiger partial charge in [-0.1, -0.05) is 12.1 Å². The van der Waals surface area contributed by atoms with Crippen molar-refractivity contribution in [1.29, 1.82) is 0 Å². The first-order chi connectivity index (χ1) is 11.2. The molecule has 2 aromatic carbocycles. The highest BCUT2D eigenvalue weighted by atomic mass is 35.5. The molecule has 0 aliphatic rings. The average molecular weight is 366 g/mol. The van der Waals surface area contributed by atoms with E-state index in [1.807, 2.05) is 24.3 Å². The molecule has 0 atom stereocenters. The Hall–Kier alpha value is -2.29. The predicted molar refractivity (Wildman–Crippen MR) is 98.1 cm³/mol. The molecule has 0 aliphatic carbocycles. The van der Waals surface area contributed by atoms with Crippen LogP contribution in [0.5, 0.6) is 0 Å². The van der Waals surface area contributed by atoms with Gasteiger partial charge in [0, 0.05) is 24.8 Å². The van der Waals surface area contributed by atoms with Crippen molar-refractivity contribution in [1.82, 2.24) is 9.97 Å². The highest BCUT2D eigenvalue weighted by Gasteiger charge is 2.17. The van der Waals surface area contributed by atoms with Gasteiger partial charge in [0.2, 0.25) is 0 Å². The number of aromatic amines is 1. The van der Waals surface area contributed by atoms with E-state index in [1.165, 1.54) is 17.8 Å². The summed E-state index contributed by atoms with van der Waals surface area (Å²) in [7, 11) is 0. The molecule has 4 N–H and O–H groups in total. The molecule has 0 amide bonds. The van der Waals surface area contributed by atoms with E-state index >= 15 is 0 Å². The number of hydrogen-bond acceptors (Lipinski definition) is 6. The molecule has 0 radical (unpaired) electrons. The summed E-state index contributed by atoms with van der Waals surface area (Å²) in [5.74, 6) is 0. The summed E-state index contributed by atoms with van der Waals surface area (Å²) in [4.78, 5) is 19.0. The first-order valence-corrected chi connectivity index (χ1v) is 7.84. The van der Waals surface area contributed by atoms with Gasteiger partial charge in [0.05, 0.1) is 20.9 Å². The molecule has 3 rings (SSSR count). The van der Waals surface area contributed by atoms with Crippen molar-refractivity contribution in [3.63, 3.8) is 0 Å². The Morgan fingerprint density at radius 3 is 2.79 bits per heavy atom. The summed E-state index contributed by atoms with van der Waals surface area (Å²) < 4.78 is 0. The monoisotopic (exact) mass is 365 g/mol. The number of nitrogens with one attached hydrogen (secondary N) is 2. The Balaban J connectivity index is 0.00000208. The number of nitro groups is 1. The van der Waals surface area contributed by atoms with Crippen molar-refractivity contribution < 1.29 is 4.92 Å². The zero-order chi connectivity index (χ0) is 16.2. The van der Waals surface area contributed by atoms with Crippen molar-refractivity contribution in [3.05, 3.63) is 52.6 Å². The summed E-state index contributed by atoms with van der Waals surface area (Å²) in [6.45, 7) is 1.09. The minimum atomic E-state index is -0.391. The molecule has 0 fully saturated rings. The van der Waals surface area contributed by atoms with E-state index in [2.05, 4.69) is 15.3 Å². The number of rotatable bonds is 6. The van der Waals surface area contributed by atoms with E-state index in [0.29, 0.717) is 23.1 Å². The van der Waals surface area contributed by atoms with E-state index in [0.717, 1.165) is 16.7 Å². The third-order valence-corrected chi connectivity index (χ3v) is 4.14. The van der Waals surface area contributed by atoms with Crippen LogP contribution in [-0.4, -0.2) is 28.0 Å². The normalized spacial score (nSPS) is 10.4. The maximum atomic E-state index is 11.2. The summed E-state index contributed by atoms with van der Waals surface area (Å²) in [5, 5.41) is 15.0. The zero-order valence-electron chi connectivity index (χ0n) is 12.6. The second-order valence-corrected chi connectivity index (χ2v) is 5.85. The van der Waals surface area contributed by atoms with E-state index in [4.69, 9.17) is 5.73 Å². The first kappa shape index (κ1) is 18.1. The molecule has 0 saturated carbocycles. The Labute approximate surface area is 148 Å². The van der Waals surface area contributed by atoms with Crippen molar-refractivity contribution in [2.75, 3.05) is 18.4 Å². The van der Waals surface area contributed by atoms with Gasteiger partial charge in [0.25, 0.3) is 5.69 Å². The van der Waals surface area contributed by atoms with Gasteiger partial charge in [0.1, 0.15) is 0 Å². The maximum Gasteiger partial charge on any atom is 0.283 e. The van der Waals surface area contributed by atoms with Crippen molar-refractivity contribution in [2.24, 2.45) is 5.73 Å². The number of para-hydroxylation sites is 2. The molecule has 0 unspecified atom stereocenters. The lowest BCUT2D eigenvalue weighted by molar-refractivity contribution is -0.387. The van der Waals surface area contributed by atoms with E-state index in [1.54, 1.807) is 12.1 Å². The fraction of sp³-hybridized carbons (Fsp3) is 0.133. The Kier molecular flexibility index (Phi) is 6.02. The SMILES string of the molecule is Cl.NCCNc1ccc([N+](=O)[O-])c(Sc2nc3ccccc3[nH]2)c1. The van der Waals surface area contributed by atoms with Crippen LogP contribution in [0.15, 0.2) is 52.5 Å². The quantitative estimate of drug-likeness (QED) is 0.456. The van der Waals surface area contributed by atoms with Crippen LogP contribution >= 0.6 is 24.2 Å². The van der Waals surface area contributed by atoms with E-state index < -0.39 is 4.92 Å². The number of aromatic nitrogens is 2. The van der Waals surface area contributed by atoms with Gasteiger partial charge in [-0.15, -0.1) is 12.4 Å². The van der Waals surface area contributed by atoms with Crippen LogP contribution in [0.2, 0.25) is 0 Å². The molecule has 9 heteroatoms. The minimum Gasteiger partial charge on any atom is -0.384 e. The Morgan fingerprint density at radius 2 is 2.08 bits per heavy atom. The number of benzene rings is 2. The third kappa shape index (κ3) is 3.97. The van der Waals surface area contributed by atoms with Crippen molar-refractivity contribution >= 4 is 46.6 Å². The summed E-state index contributed by atoms with van der Waals surface area (Å²) in [6, 6.07) is 12.5. The van der Waals surface area contributed by atoms with Gasteiger partial charge >= 0.3 is 0 Å². The lowest BCUT2D eigenvalue weighted by Crippen LogP contribution is -2.13. The molecule has 0 saturated heterocycles. The van der Waals surface area contributed by atoms with Gasteiger partial charge in [-0.2, -0.15) is 0 Å². The van der Waals surface area contributed by atoms with Crippen LogP contribution in [0, 0.1) is 10.1 Å². The van der Waals surface area contributed by atoms with E-state index in [9.17, 15) is 10.1 Å². The van der Waals surface area contributed by atoms with Crippen LogP contribution in [-0.2, 0) is 0 Å². The fourth-order valence-corrected chi connectivity index (χ4v) is 3.10. The van der Waals surface area contributed by atoms with Crippen LogP contribution in [0.1, 0.15) is 0 Å². The largest absolute Gasteiger partial charge is 0.384 e. The lowest BCUT2D eigenvalue weighted by Gasteiger charge is -2.07. The third-order valence-electron chi connectivity index (χ3n) is 3.20. The Bertz CT molecular complexity index is 822. The lowest BCUT2D eigenvalue weighted by atomic mass is 10.3. The molecule has 7 nitrogen and oxygen atoms in total. The van der Waals surface area contributed by atoms with Crippen molar-refractivity contribution in [2.45, 2.75) is 10.1 Å². The number of halogens is 1. The zero-order valence-corrected chi connectivity index (χ0v) is 14.2. The molecule has 24 heavy (non-hydrogen) atoms. The predicted octanol–water partition coefficient (Wildman–Crippen LogP) is 3.41. The number of nitro benzene ring substituents is 1. The molecule has 126 valence electrons. The van der Waals surface area contributed by atoms with Crippen LogP contribution in [0.25, 0.3) is 11.0 Å². The molecular weight excluding hydrogens is 350 g/mol. The van der Waals surface area contributed by atoms with Gasteiger partial charge in [-0.3, -0.25) is 10.1 Å². The first-order valence-electron chi connectivity index (χ1n) is 7.02. The summed E-state index contributed by atoms with van der Waals surface area (Å²) in [5.41, 5.74) is 8.04. The average Bonchev–Trinajstić information content (AvgIpc) is 2.95. The molecule has 1 heterocycles. The Morgan fingerprint density at radius 1 is 1.29 bits per heavy atom. The van der Waals surface area contributed by atoms with Gasteiger partial charge in [-0.25, -0.2) is 4.98 Å². The minimum absolute atomic E-state index is 0. The molecule has 1 aromatic heterocycles. The van der Waals surface area contributed by atoms with Gasteiger partial charge in [0.15, 0.2) is 5.16 Å². The topological polar surface area (TPSA) is 110 Å². The van der Waals surface area contributed by atoms with Crippen LogP contribution in [0.3, 0.4) is 0 Å².